The van der Waals surface area contributed by atoms with E-state index in [1.807, 2.05) is 24.3 Å². The minimum Gasteiger partial charge on any atom is -0.467 e. The van der Waals surface area contributed by atoms with E-state index in [9.17, 15) is 5.26 Å². The molecule has 4 heteroatoms. The number of nitrogens with zero attached hydrogens (tertiary/aromatic N) is 2. The number of aryl methyl sites for hydroxylation is 1. The van der Waals surface area contributed by atoms with Crippen LogP contribution in [0.15, 0.2) is 47.1 Å². The molecule has 0 aliphatic rings. The smallest absolute Gasteiger partial charge is 0.145 e. The number of fused-ring (bicyclic) bond motifs is 1. The molecule has 2 aromatic heterocycles. The van der Waals surface area contributed by atoms with E-state index in [1.165, 1.54) is 5.56 Å². The lowest BCUT2D eigenvalue weighted by molar-refractivity contribution is 0.518. The maximum atomic E-state index is 9.31. The summed E-state index contributed by atoms with van der Waals surface area (Å²) in [5.41, 5.74) is 2.67. The fourth-order valence-corrected chi connectivity index (χ4v) is 2.25. The van der Waals surface area contributed by atoms with Crippen molar-refractivity contribution in [2.45, 2.75) is 19.9 Å². The van der Waals surface area contributed by atoms with Gasteiger partial charge in [-0.15, -0.1) is 0 Å². The number of nitrogens with one attached hydrogen (secondary N) is 1. The molecule has 21 heavy (non-hydrogen) atoms. The summed E-state index contributed by atoms with van der Waals surface area (Å²) < 4.78 is 5.27. The Hall–Kier alpha value is -2.80. The van der Waals surface area contributed by atoms with Crippen molar-refractivity contribution in [1.29, 1.82) is 5.26 Å². The van der Waals surface area contributed by atoms with Crippen LogP contribution in [0.3, 0.4) is 0 Å². The maximum absolute atomic E-state index is 9.31. The second-order valence-electron chi connectivity index (χ2n) is 4.81. The summed E-state index contributed by atoms with van der Waals surface area (Å²) in [4.78, 5) is 4.55. The summed E-state index contributed by atoms with van der Waals surface area (Å²) in [5.74, 6) is 1.40. The molecule has 0 atom stereocenters. The van der Waals surface area contributed by atoms with Gasteiger partial charge in [-0.25, -0.2) is 4.98 Å². The normalized spacial score (nSPS) is 10.5. The van der Waals surface area contributed by atoms with Gasteiger partial charge in [0.2, 0.25) is 0 Å². The lowest BCUT2D eigenvalue weighted by atomic mass is 10.1. The van der Waals surface area contributed by atoms with Gasteiger partial charge in [0.15, 0.2) is 0 Å². The highest BCUT2D eigenvalue weighted by Crippen LogP contribution is 2.22. The SMILES string of the molecule is CCc1ccc2nc(NCc3ccco3)c(C#N)cc2c1. The van der Waals surface area contributed by atoms with E-state index in [4.69, 9.17) is 4.42 Å². The molecule has 0 aliphatic carbocycles. The van der Waals surface area contributed by atoms with Crippen LogP contribution in [-0.2, 0) is 13.0 Å². The average molecular weight is 277 g/mol. The van der Waals surface area contributed by atoms with Crippen LogP contribution in [0.25, 0.3) is 10.9 Å². The Balaban J connectivity index is 1.96. The largest absolute Gasteiger partial charge is 0.467 e. The first kappa shape index (κ1) is 13.2. The first-order valence-corrected chi connectivity index (χ1v) is 6.90. The number of hydrogen-bond acceptors (Lipinski definition) is 4. The number of hydrogen-bond donors (Lipinski definition) is 1. The molecule has 0 bridgehead atoms. The Morgan fingerprint density at radius 1 is 1.29 bits per heavy atom. The van der Waals surface area contributed by atoms with Crippen molar-refractivity contribution >= 4 is 16.7 Å². The van der Waals surface area contributed by atoms with Gasteiger partial charge in [-0.3, -0.25) is 0 Å². The van der Waals surface area contributed by atoms with Crippen molar-refractivity contribution in [2.75, 3.05) is 5.32 Å². The number of benzene rings is 1. The van der Waals surface area contributed by atoms with E-state index in [2.05, 4.69) is 35.4 Å². The van der Waals surface area contributed by atoms with Gasteiger partial charge >= 0.3 is 0 Å². The van der Waals surface area contributed by atoms with Crippen molar-refractivity contribution < 1.29 is 4.42 Å². The van der Waals surface area contributed by atoms with Gasteiger partial charge in [-0.2, -0.15) is 5.26 Å². The third-order valence-corrected chi connectivity index (χ3v) is 3.42. The standard InChI is InChI=1S/C17H15N3O/c1-2-12-5-6-16-13(8-12)9-14(10-18)17(20-16)19-11-15-4-3-7-21-15/h3-9H,2,11H2,1H3,(H,19,20). The zero-order chi connectivity index (χ0) is 14.7. The minimum atomic E-state index is 0.507. The molecule has 4 nitrogen and oxygen atoms in total. The van der Waals surface area contributed by atoms with Crippen LogP contribution < -0.4 is 5.32 Å². The van der Waals surface area contributed by atoms with Crippen molar-refractivity contribution in [1.82, 2.24) is 4.98 Å². The second-order valence-corrected chi connectivity index (χ2v) is 4.81. The Kier molecular flexibility index (Phi) is 3.57. The number of pyridine rings is 1. The van der Waals surface area contributed by atoms with Crippen LogP contribution >= 0.6 is 0 Å². The fraction of sp³-hybridized carbons (Fsp3) is 0.176. The van der Waals surface area contributed by atoms with Gasteiger partial charge in [0, 0.05) is 5.39 Å². The molecule has 1 aromatic carbocycles. The average Bonchev–Trinajstić information content (AvgIpc) is 3.04. The molecule has 2 heterocycles. The topological polar surface area (TPSA) is 61.9 Å². The third-order valence-electron chi connectivity index (χ3n) is 3.42. The number of anilines is 1. The van der Waals surface area contributed by atoms with E-state index >= 15 is 0 Å². The minimum absolute atomic E-state index is 0.507. The quantitative estimate of drug-likeness (QED) is 0.786. The highest BCUT2D eigenvalue weighted by molar-refractivity contribution is 5.83. The van der Waals surface area contributed by atoms with E-state index in [1.54, 1.807) is 6.26 Å². The molecule has 0 amide bonds. The lowest BCUT2D eigenvalue weighted by Gasteiger charge is -2.08. The predicted molar refractivity (Wildman–Crippen MR) is 81.9 cm³/mol. The molecule has 0 saturated heterocycles. The summed E-state index contributed by atoms with van der Waals surface area (Å²) >= 11 is 0. The van der Waals surface area contributed by atoms with Crippen LogP contribution in [0.1, 0.15) is 23.8 Å². The molecular weight excluding hydrogens is 262 g/mol. The molecule has 3 rings (SSSR count). The molecule has 0 unspecified atom stereocenters. The van der Waals surface area contributed by atoms with Gasteiger partial charge in [0.1, 0.15) is 17.6 Å². The van der Waals surface area contributed by atoms with Crippen molar-refractivity contribution in [3.63, 3.8) is 0 Å². The highest BCUT2D eigenvalue weighted by atomic mass is 16.3. The molecule has 0 fully saturated rings. The lowest BCUT2D eigenvalue weighted by Crippen LogP contribution is -2.03. The van der Waals surface area contributed by atoms with E-state index in [0.717, 1.165) is 23.1 Å². The van der Waals surface area contributed by atoms with Gasteiger partial charge in [-0.1, -0.05) is 13.0 Å². The third kappa shape index (κ3) is 2.72. The number of nitriles is 1. The second kappa shape index (κ2) is 5.68. The molecule has 0 saturated carbocycles. The summed E-state index contributed by atoms with van der Waals surface area (Å²) in [6.45, 7) is 2.62. The molecule has 0 spiro atoms. The van der Waals surface area contributed by atoms with Gasteiger partial charge < -0.3 is 9.73 Å². The first-order chi connectivity index (χ1) is 10.3. The summed E-state index contributed by atoms with van der Waals surface area (Å²) in [6.07, 6.45) is 2.60. The van der Waals surface area contributed by atoms with Gasteiger partial charge in [0.25, 0.3) is 0 Å². The Morgan fingerprint density at radius 3 is 2.90 bits per heavy atom. The van der Waals surface area contributed by atoms with E-state index < -0.39 is 0 Å². The van der Waals surface area contributed by atoms with Crippen LogP contribution in [-0.4, -0.2) is 4.98 Å². The monoisotopic (exact) mass is 277 g/mol. The zero-order valence-electron chi connectivity index (χ0n) is 11.8. The number of furan rings is 1. The highest BCUT2D eigenvalue weighted by Gasteiger charge is 2.07. The maximum Gasteiger partial charge on any atom is 0.145 e. The summed E-state index contributed by atoms with van der Waals surface area (Å²) in [7, 11) is 0. The molecule has 3 aromatic rings. The van der Waals surface area contributed by atoms with Crippen LogP contribution in [0.5, 0.6) is 0 Å². The van der Waals surface area contributed by atoms with Crippen molar-refractivity contribution in [3.05, 3.63) is 59.5 Å². The molecule has 0 radical (unpaired) electrons. The molecular formula is C17H15N3O. The summed E-state index contributed by atoms with van der Waals surface area (Å²) in [5, 5.41) is 13.5. The van der Waals surface area contributed by atoms with Crippen molar-refractivity contribution in [2.24, 2.45) is 0 Å². The fourth-order valence-electron chi connectivity index (χ4n) is 2.25. The van der Waals surface area contributed by atoms with E-state index in [-0.39, 0.29) is 0 Å². The first-order valence-electron chi connectivity index (χ1n) is 6.90. The molecule has 1 N–H and O–H groups in total. The van der Waals surface area contributed by atoms with Gasteiger partial charge in [0.05, 0.1) is 23.9 Å². The summed E-state index contributed by atoms with van der Waals surface area (Å²) in [6, 6.07) is 13.9. The Labute approximate surface area is 123 Å². The molecule has 104 valence electrons. The van der Waals surface area contributed by atoms with Gasteiger partial charge in [-0.05, 0) is 42.3 Å². The van der Waals surface area contributed by atoms with Crippen LogP contribution in [0, 0.1) is 11.3 Å². The predicted octanol–water partition coefficient (Wildman–Crippen LogP) is 3.87. The van der Waals surface area contributed by atoms with Crippen LogP contribution in [0.2, 0.25) is 0 Å². The molecule has 0 aliphatic heterocycles. The zero-order valence-corrected chi connectivity index (χ0v) is 11.8. The Morgan fingerprint density at radius 2 is 2.19 bits per heavy atom. The number of rotatable bonds is 4. The number of aromatic nitrogens is 1. The van der Waals surface area contributed by atoms with Crippen molar-refractivity contribution in [3.8, 4) is 6.07 Å². The van der Waals surface area contributed by atoms with Crippen LogP contribution in [0.4, 0.5) is 5.82 Å². The van der Waals surface area contributed by atoms with E-state index in [0.29, 0.717) is 17.9 Å². The Bertz CT molecular complexity index is 801.